The minimum absolute atomic E-state index is 0.421. The zero-order valence-corrected chi connectivity index (χ0v) is 14.9. The van der Waals surface area contributed by atoms with Crippen molar-refractivity contribution < 1.29 is 4.52 Å². The minimum Gasteiger partial charge on any atom is -0.336 e. The van der Waals surface area contributed by atoms with Crippen molar-refractivity contribution in [1.82, 2.24) is 34.7 Å². The van der Waals surface area contributed by atoms with E-state index in [0.717, 1.165) is 11.3 Å². The maximum absolute atomic E-state index is 5.49. The van der Waals surface area contributed by atoms with Gasteiger partial charge in [-0.15, -0.1) is 5.10 Å². The van der Waals surface area contributed by atoms with E-state index in [1.807, 2.05) is 68.1 Å². The monoisotopic (exact) mass is 349 g/mol. The molecule has 1 aromatic carbocycles. The maximum atomic E-state index is 5.49. The molecule has 0 aliphatic carbocycles. The summed E-state index contributed by atoms with van der Waals surface area (Å²) in [6.45, 7) is 6.57. The maximum Gasteiger partial charge on any atom is 0.252 e. The van der Waals surface area contributed by atoms with Gasteiger partial charge < -0.3 is 9.09 Å². The second-order valence-electron chi connectivity index (χ2n) is 6.69. The number of hydrogen-bond acceptors (Lipinski definition) is 6. The van der Waals surface area contributed by atoms with Crippen LogP contribution in [0, 0.1) is 6.92 Å². The molecule has 4 aromatic rings. The topological polar surface area (TPSA) is 87.5 Å². The molecule has 3 heterocycles. The summed E-state index contributed by atoms with van der Waals surface area (Å²) < 4.78 is 9.19. The molecular weight excluding hydrogens is 330 g/mol. The predicted molar refractivity (Wildman–Crippen MR) is 94.2 cm³/mol. The van der Waals surface area contributed by atoms with Gasteiger partial charge in [0.1, 0.15) is 5.54 Å². The third-order valence-electron chi connectivity index (χ3n) is 4.26. The molecule has 0 aliphatic rings. The van der Waals surface area contributed by atoms with Crippen LogP contribution in [0.3, 0.4) is 0 Å². The molecule has 0 N–H and O–H groups in total. The molecule has 8 heteroatoms. The molecule has 4 rings (SSSR count). The van der Waals surface area contributed by atoms with Gasteiger partial charge in [-0.25, -0.2) is 9.67 Å². The lowest BCUT2D eigenvalue weighted by Crippen LogP contribution is -2.26. The first-order chi connectivity index (χ1) is 12.5. The SMILES string of the molecule is Cc1cn(C(C)(C)c2nc(-c3cn(Cc4ccccc4)nn3)no2)cn1. The Morgan fingerprint density at radius 3 is 2.65 bits per heavy atom. The molecule has 0 aliphatic heterocycles. The van der Waals surface area contributed by atoms with Crippen LogP contribution in [0.25, 0.3) is 11.5 Å². The highest BCUT2D eigenvalue weighted by Gasteiger charge is 2.30. The zero-order chi connectivity index (χ0) is 18.1. The lowest BCUT2D eigenvalue weighted by molar-refractivity contribution is 0.277. The Morgan fingerprint density at radius 1 is 1.12 bits per heavy atom. The molecule has 0 fully saturated rings. The van der Waals surface area contributed by atoms with Gasteiger partial charge in [-0.3, -0.25) is 0 Å². The van der Waals surface area contributed by atoms with Crippen LogP contribution in [-0.2, 0) is 12.1 Å². The number of nitrogens with zero attached hydrogens (tertiary/aromatic N) is 7. The Bertz CT molecular complexity index is 1010. The van der Waals surface area contributed by atoms with Gasteiger partial charge in [-0.2, -0.15) is 4.98 Å². The van der Waals surface area contributed by atoms with Crippen LogP contribution >= 0.6 is 0 Å². The Hall–Kier alpha value is -3.29. The fourth-order valence-corrected chi connectivity index (χ4v) is 2.66. The van der Waals surface area contributed by atoms with Crippen LogP contribution in [0.5, 0.6) is 0 Å². The van der Waals surface area contributed by atoms with Crippen molar-refractivity contribution in [3.8, 4) is 11.5 Å². The normalized spacial score (nSPS) is 11.8. The van der Waals surface area contributed by atoms with E-state index in [2.05, 4.69) is 25.4 Å². The van der Waals surface area contributed by atoms with Crippen molar-refractivity contribution in [3.05, 3.63) is 66.2 Å². The van der Waals surface area contributed by atoms with Gasteiger partial charge >= 0.3 is 0 Å². The minimum atomic E-state index is -0.507. The van der Waals surface area contributed by atoms with Gasteiger partial charge in [0.2, 0.25) is 5.82 Å². The highest BCUT2D eigenvalue weighted by molar-refractivity contribution is 5.45. The van der Waals surface area contributed by atoms with E-state index < -0.39 is 5.54 Å². The lowest BCUT2D eigenvalue weighted by Gasteiger charge is -2.21. The summed E-state index contributed by atoms with van der Waals surface area (Å²) in [4.78, 5) is 8.78. The van der Waals surface area contributed by atoms with Crippen LogP contribution in [0.4, 0.5) is 0 Å². The van der Waals surface area contributed by atoms with E-state index >= 15 is 0 Å². The average molecular weight is 349 g/mol. The Labute approximate surface area is 150 Å². The third kappa shape index (κ3) is 3.01. The highest BCUT2D eigenvalue weighted by atomic mass is 16.5. The molecule has 0 radical (unpaired) electrons. The summed E-state index contributed by atoms with van der Waals surface area (Å²) in [6.07, 6.45) is 5.52. The van der Waals surface area contributed by atoms with Crippen molar-refractivity contribution in [1.29, 1.82) is 0 Å². The largest absolute Gasteiger partial charge is 0.336 e. The molecule has 0 bridgehead atoms. The average Bonchev–Trinajstić information content (AvgIpc) is 3.35. The molecule has 3 aromatic heterocycles. The Morgan fingerprint density at radius 2 is 1.92 bits per heavy atom. The summed E-state index contributed by atoms with van der Waals surface area (Å²) in [5.74, 6) is 0.909. The molecule has 8 nitrogen and oxygen atoms in total. The molecule has 0 saturated heterocycles. The molecular formula is C18H19N7O. The third-order valence-corrected chi connectivity index (χ3v) is 4.26. The zero-order valence-electron chi connectivity index (χ0n) is 14.9. The van der Waals surface area contributed by atoms with Crippen molar-refractivity contribution in [3.63, 3.8) is 0 Å². The quantitative estimate of drug-likeness (QED) is 0.550. The fraction of sp³-hybridized carbons (Fsp3) is 0.278. The van der Waals surface area contributed by atoms with E-state index in [-0.39, 0.29) is 0 Å². The van der Waals surface area contributed by atoms with Gasteiger partial charge in [0, 0.05) is 6.20 Å². The van der Waals surface area contributed by atoms with Gasteiger partial charge in [0.15, 0.2) is 5.69 Å². The Balaban J connectivity index is 1.57. The standard InChI is InChI=1S/C18H19N7O/c1-13-9-24(12-19-13)18(2,3)17-20-16(22-26-17)15-11-25(23-21-15)10-14-7-5-4-6-8-14/h4-9,11-12H,10H2,1-3H3. The van der Waals surface area contributed by atoms with Gasteiger partial charge in [-0.05, 0) is 26.3 Å². The molecule has 0 saturated carbocycles. The van der Waals surface area contributed by atoms with E-state index in [4.69, 9.17) is 4.52 Å². The van der Waals surface area contributed by atoms with Crippen molar-refractivity contribution >= 4 is 0 Å². The molecule has 0 spiro atoms. The van der Waals surface area contributed by atoms with Crippen molar-refractivity contribution in [2.75, 3.05) is 0 Å². The van der Waals surface area contributed by atoms with Crippen molar-refractivity contribution in [2.45, 2.75) is 32.9 Å². The summed E-state index contributed by atoms with van der Waals surface area (Å²) >= 11 is 0. The van der Waals surface area contributed by atoms with E-state index in [9.17, 15) is 0 Å². The number of hydrogen-bond donors (Lipinski definition) is 0. The first kappa shape index (κ1) is 16.2. The molecule has 0 amide bonds. The van der Waals surface area contributed by atoms with E-state index in [1.165, 1.54) is 0 Å². The number of imidazole rings is 1. The molecule has 0 atom stereocenters. The summed E-state index contributed by atoms with van der Waals surface area (Å²) in [6, 6.07) is 10.1. The van der Waals surface area contributed by atoms with Gasteiger partial charge in [-0.1, -0.05) is 40.7 Å². The molecule has 132 valence electrons. The number of rotatable bonds is 5. The summed E-state index contributed by atoms with van der Waals surface area (Å²) in [7, 11) is 0. The van der Waals surface area contributed by atoms with Crippen LogP contribution in [0.1, 0.15) is 31.0 Å². The van der Waals surface area contributed by atoms with Crippen LogP contribution in [0.2, 0.25) is 0 Å². The van der Waals surface area contributed by atoms with Gasteiger partial charge in [0.05, 0.1) is 24.8 Å². The number of aromatic nitrogens is 7. The second kappa shape index (κ2) is 6.21. The summed E-state index contributed by atoms with van der Waals surface area (Å²) in [5, 5.41) is 12.4. The molecule has 0 unspecified atom stereocenters. The van der Waals surface area contributed by atoms with Gasteiger partial charge in [0.25, 0.3) is 5.89 Å². The Kier molecular flexibility index (Phi) is 3.87. The number of aryl methyl sites for hydroxylation is 1. The highest BCUT2D eigenvalue weighted by Crippen LogP contribution is 2.26. The fourth-order valence-electron chi connectivity index (χ4n) is 2.66. The lowest BCUT2D eigenvalue weighted by atomic mass is 10.1. The van der Waals surface area contributed by atoms with Crippen LogP contribution < -0.4 is 0 Å². The molecule has 26 heavy (non-hydrogen) atoms. The first-order valence-electron chi connectivity index (χ1n) is 8.32. The first-order valence-corrected chi connectivity index (χ1v) is 8.32. The number of benzene rings is 1. The smallest absolute Gasteiger partial charge is 0.252 e. The van der Waals surface area contributed by atoms with Crippen molar-refractivity contribution in [2.24, 2.45) is 0 Å². The predicted octanol–water partition coefficient (Wildman–Crippen LogP) is 2.66. The summed E-state index contributed by atoms with van der Waals surface area (Å²) in [5.41, 5.74) is 2.15. The van der Waals surface area contributed by atoms with E-state index in [0.29, 0.717) is 24.0 Å². The van der Waals surface area contributed by atoms with Crippen LogP contribution in [0.15, 0.2) is 53.6 Å². The van der Waals surface area contributed by atoms with E-state index in [1.54, 1.807) is 11.0 Å². The second-order valence-corrected chi connectivity index (χ2v) is 6.69. The van der Waals surface area contributed by atoms with Crippen LogP contribution in [-0.4, -0.2) is 34.7 Å².